The number of benzene rings is 1. The van der Waals surface area contributed by atoms with E-state index in [0.29, 0.717) is 17.9 Å². The zero-order chi connectivity index (χ0) is 13.3. The van der Waals surface area contributed by atoms with Gasteiger partial charge in [0, 0.05) is 13.1 Å². The average molecular weight is 244 g/mol. The van der Waals surface area contributed by atoms with Gasteiger partial charge in [-0.15, -0.1) is 0 Å². The molecule has 2 rings (SSSR count). The minimum Gasteiger partial charge on any atom is -0.491 e. The summed E-state index contributed by atoms with van der Waals surface area (Å²) >= 11 is 0. The first kappa shape index (κ1) is 12.4. The molecule has 1 aliphatic heterocycles. The molecule has 4 nitrogen and oxygen atoms in total. The summed E-state index contributed by atoms with van der Waals surface area (Å²) in [4.78, 5) is 13.9. The lowest BCUT2D eigenvalue weighted by Gasteiger charge is -2.21. The highest BCUT2D eigenvalue weighted by Crippen LogP contribution is 2.33. The maximum Gasteiger partial charge on any atom is 0.233 e. The number of carbonyl (C=O) groups is 1. The third-order valence-electron chi connectivity index (χ3n) is 3.32. The molecule has 1 aromatic rings. The van der Waals surface area contributed by atoms with Crippen LogP contribution in [0.25, 0.3) is 0 Å². The van der Waals surface area contributed by atoms with E-state index >= 15 is 0 Å². The lowest BCUT2D eigenvalue weighted by Crippen LogP contribution is -2.36. The van der Waals surface area contributed by atoms with Crippen molar-refractivity contribution in [2.24, 2.45) is 11.8 Å². The molecule has 0 radical (unpaired) electrons. The predicted octanol–water partition coefficient (Wildman–Crippen LogP) is 2.19. The van der Waals surface area contributed by atoms with Crippen LogP contribution in [0.15, 0.2) is 18.2 Å². The Labute approximate surface area is 107 Å². The number of amides is 1. The van der Waals surface area contributed by atoms with Gasteiger partial charge in [-0.3, -0.25) is 4.79 Å². The second-order valence-corrected chi connectivity index (χ2v) is 4.85. The summed E-state index contributed by atoms with van der Waals surface area (Å²) in [5.41, 5.74) is 1.26. The van der Waals surface area contributed by atoms with Crippen molar-refractivity contribution in [1.29, 1.82) is 5.26 Å². The molecule has 0 bridgehead atoms. The zero-order valence-electron chi connectivity index (χ0n) is 10.8. The van der Waals surface area contributed by atoms with Crippen molar-refractivity contribution < 1.29 is 9.53 Å². The highest BCUT2D eigenvalue weighted by Gasteiger charge is 2.31. The Kier molecular flexibility index (Phi) is 3.24. The van der Waals surface area contributed by atoms with Gasteiger partial charge in [-0.1, -0.05) is 13.8 Å². The van der Waals surface area contributed by atoms with Crippen LogP contribution in [0.5, 0.6) is 5.75 Å². The van der Waals surface area contributed by atoms with Gasteiger partial charge in [0.2, 0.25) is 5.91 Å². The minimum atomic E-state index is -0.145. The molecule has 0 aromatic heterocycles. The van der Waals surface area contributed by atoms with Crippen LogP contribution in [0, 0.1) is 23.2 Å². The van der Waals surface area contributed by atoms with Crippen molar-refractivity contribution in [1.82, 2.24) is 0 Å². The largest absolute Gasteiger partial charge is 0.491 e. The highest BCUT2D eigenvalue weighted by atomic mass is 16.5. The van der Waals surface area contributed by atoms with Gasteiger partial charge < -0.3 is 9.64 Å². The van der Waals surface area contributed by atoms with Gasteiger partial charge in [0.05, 0.1) is 23.2 Å². The van der Waals surface area contributed by atoms with Gasteiger partial charge in [-0.05, 0) is 18.1 Å². The van der Waals surface area contributed by atoms with Crippen LogP contribution in [0.2, 0.25) is 0 Å². The summed E-state index contributed by atoms with van der Waals surface area (Å²) < 4.78 is 5.69. The van der Waals surface area contributed by atoms with E-state index in [9.17, 15) is 4.79 Å². The maximum absolute atomic E-state index is 12.3. The molecule has 4 heteroatoms. The number of rotatable bonds is 1. The molecule has 0 fully saturated rings. The summed E-state index contributed by atoms with van der Waals surface area (Å²) in [6.45, 7) is 4.38. The number of hydrogen-bond donors (Lipinski definition) is 0. The number of fused-ring (bicyclic) bond motifs is 1. The molecule has 0 aliphatic carbocycles. The van der Waals surface area contributed by atoms with Gasteiger partial charge >= 0.3 is 0 Å². The first-order chi connectivity index (χ1) is 8.54. The standard InChI is InChI=1S/C14H16N2O2/c1-9(2)11-8-18-13-6-10(7-15)4-5-12(13)16(3)14(11)17/h4-6,9,11H,8H2,1-3H3. The van der Waals surface area contributed by atoms with Crippen LogP contribution in [-0.4, -0.2) is 19.6 Å². The quantitative estimate of drug-likeness (QED) is 0.761. The molecule has 1 amide bonds. The van der Waals surface area contributed by atoms with Gasteiger partial charge in [-0.2, -0.15) is 5.26 Å². The summed E-state index contributed by atoms with van der Waals surface area (Å²) in [6, 6.07) is 7.21. The predicted molar refractivity (Wildman–Crippen MR) is 68.4 cm³/mol. The van der Waals surface area contributed by atoms with Crippen LogP contribution < -0.4 is 9.64 Å². The molecular formula is C14H16N2O2. The molecule has 1 aromatic carbocycles. The molecule has 0 N–H and O–H groups in total. The fraction of sp³-hybridized carbons (Fsp3) is 0.429. The molecule has 0 spiro atoms. The Hall–Kier alpha value is -2.02. The Morgan fingerprint density at radius 1 is 1.50 bits per heavy atom. The Balaban J connectivity index is 2.42. The van der Waals surface area contributed by atoms with Gasteiger partial charge in [0.25, 0.3) is 0 Å². The lowest BCUT2D eigenvalue weighted by molar-refractivity contribution is -0.123. The Morgan fingerprint density at radius 3 is 2.83 bits per heavy atom. The number of anilines is 1. The third kappa shape index (κ3) is 2.04. The molecular weight excluding hydrogens is 228 g/mol. The fourth-order valence-corrected chi connectivity index (χ4v) is 2.07. The van der Waals surface area contributed by atoms with E-state index < -0.39 is 0 Å². The number of nitrogens with zero attached hydrogens (tertiary/aromatic N) is 2. The summed E-state index contributed by atoms with van der Waals surface area (Å²) in [6.07, 6.45) is 0. The van der Waals surface area contributed by atoms with E-state index in [2.05, 4.69) is 6.07 Å². The first-order valence-electron chi connectivity index (χ1n) is 5.99. The molecule has 1 atom stereocenters. The zero-order valence-corrected chi connectivity index (χ0v) is 10.8. The van der Waals surface area contributed by atoms with Crippen molar-refractivity contribution in [2.75, 3.05) is 18.6 Å². The second-order valence-electron chi connectivity index (χ2n) is 4.85. The van der Waals surface area contributed by atoms with Crippen molar-refractivity contribution >= 4 is 11.6 Å². The van der Waals surface area contributed by atoms with E-state index in [1.807, 2.05) is 13.8 Å². The smallest absolute Gasteiger partial charge is 0.233 e. The first-order valence-corrected chi connectivity index (χ1v) is 5.99. The van der Waals surface area contributed by atoms with E-state index in [4.69, 9.17) is 10.00 Å². The topological polar surface area (TPSA) is 53.3 Å². The van der Waals surface area contributed by atoms with E-state index in [1.165, 1.54) is 0 Å². The Morgan fingerprint density at radius 2 is 2.22 bits per heavy atom. The Bertz CT molecular complexity index is 517. The number of carbonyl (C=O) groups excluding carboxylic acids is 1. The fourth-order valence-electron chi connectivity index (χ4n) is 2.07. The molecule has 1 unspecified atom stereocenters. The van der Waals surface area contributed by atoms with Crippen LogP contribution in [0.1, 0.15) is 19.4 Å². The SMILES string of the molecule is CC(C)C1COc2cc(C#N)ccc2N(C)C1=O. The third-order valence-corrected chi connectivity index (χ3v) is 3.32. The maximum atomic E-state index is 12.3. The van der Waals surface area contributed by atoms with Crippen LogP contribution in [0.4, 0.5) is 5.69 Å². The molecule has 1 aliphatic rings. The van der Waals surface area contributed by atoms with Crippen molar-refractivity contribution in [3.05, 3.63) is 23.8 Å². The molecule has 0 saturated heterocycles. The van der Waals surface area contributed by atoms with Gasteiger partial charge in [-0.25, -0.2) is 0 Å². The average Bonchev–Trinajstić information content (AvgIpc) is 2.48. The number of nitriles is 1. The molecule has 94 valence electrons. The van der Waals surface area contributed by atoms with Crippen LogP contribution >= 0.6 is 0 Å². The second kappa shape index (κ2) is 4.69. The van der Waals surface area contributed by atoms with Crippen molar-refractivity contribution in [3.63, 3.8) is 0 Å². The van der Waals surface area contributed by atoms with Crippen LogP contribution in [0.3, 0.4) is 0 Å². The van der Waals surface area contributed by atoms with Gasteiger partial charge in [0.15, 0.2) is 0 Å². The summed E-state index contributed by atoms with van der Waals surface area (Å²) in [7, 11) is 1.75. The highest BCUT2D eigenvalue weighted by molar-refractivity contribution is 5.97. The summed E-state index contributed by atoms with van der Waals surface area (Å²) in [5.74, 6) is 0.749. The summed E-state index contributed by atoms with van der Waals surface area (Å²) in [5, 5.41) is 8.88. The van der Waals surface area contributed by atoms with E-state index in [-0.39, 0.29) is 17.7 Å². The van der Waals surface area contributed by atoms with Crippen molar-refractivity contribution in [2.45, 2.75) is 13.8 Å². The number of hydrogen-bond acceptors (Lipinski definition) is 3. The van der Waals surface area contributed by atoms with Gasteiger partial charge in [0.1, 0.15) is 12.4 Å². The number of ether oxygens (including phenoxy) is 1. The van der Waals surface area contributed by atoms with Crippen molar-refractivity contribution in [3.8, 4) is 11.8 Å². The monoisotopic (exact) mass is 244 g/mol. The molecule has 1 heterocycles. The van der Waals surface area contributed by atoms with Crippen LogP contribution in [-0.2, 0) is 4.79 Å². The lowest BCUT2D eigenvalue weighted by atomic mass is 9.95. The normalized spacial score (nSPS) is 18.9. The van der Waals surface area contributed by atoms with E-state index in [0.717, 1.165) is 5.69 Å². The minimum absolute atomic E-state index is 0.0634. The molecule has 0 saturated carbocycles. The molecule has 18 heavy (non-hydrogen) atoms. The van der Waals surface area contributed by atoms with E-state index in [1.54, 1.807) is 30.1 Å².